The van der Waals surface area contributed by atoms with Gasteiger partial charge in [-0.3, -0.25) is 14.6 Å². The summed E-state index contributed by atoms with van der Waals surface area (Å²) in [5.74, 6) is 0.199. The smallest absolute Gasteiger partial charge is 0.257 e. The van der Waals surface area contributed by atoms with Crippen LogP contribution in [-0.2, 0) is 9.59 Å². The summed E-state index contributed by atoms with van der Waals surface area (Å²) in [4.78, 5) is 28.7. The molecular weight excluding hydrogens is 474 g/mol. The minimum atomic E-state index is -2.64. The molecule has 0 saturated heterocycles. The Labute approximate surface area is 215 Å². The van der Waals surface area contributed by atoms with Gasteiger partial charge >= 0.3 is 0 Å². The van der Waals surface area contributed by atoms with Crippen LogP contribution < -0.4 is 16.4 Å². The largest absolute Gasteiger partial charge is 0.354 e. The molecular formula is C29H32F2N4O2. The summed E-state index contributed by atoms with van der Waals surface area (Å²) in [6.45, 7) is 1.53. The van der Waals surface area contributed by atoms with Crippen molar-refractivity contribution < 1.29 is 18.4 Å². The van der Waals surface area contributed by atoms with E-state index in [0.717, 1.165) is 42.4 Å². The molecule has 0 radical (unpaired) electrons. The first-order chi connectivity index (χ1) is 17.8. The van der Waals surface area contributed by atoms with Gasteiger partial charge in [-0.2, -0.15) is 0 Å². The number of amides is 2. The average Bonchev–Trinajstić information content (AvgIpc) is 2.89. The summed E-state index contributed by atoms with van der Waals surface area (Å²) < 4.78 is 26.0. The van der Waals surface area contributed by atoms with E-state index < -0.39 is 12.5 Å². The Kier molecular flexibility index (Phi) is 8.61. The number of alkyl halides is 2. The second-order valence-corrected chi connectivity index (χ2v) is 9.64. The number of nitrogens with two attached hydrogens (primary N) is 1. The lowest BCUT2D eigenvalue weighted by molar-refractivity contribution is -0.120. The molecule has 1 fully saturated rings. The average molecular weight is 507 g/mol. The maximum Gasteiger partial charge on any atom is 0.257 e. The van der Waals surface area contributed by atoms with Crippen LogP contribution in [0.1, 0.15) is 50.6 Å². The second-order valence-electron chi connectivity index (χ2n) is 9.64. The van der Waals surface area contributed by atoms with Crippen molar-refractivity contribution >= 4 is 17.5 Å². The molecule has 0 spiro atoms. The summed E-state index contributed by atoms with van der Waals surface area (Å²) in [5, 5.41) is 5.95. The topological polar surface area (TPSA) is 97.1 Å². The first-order valence-corrected chi connectivity index (χ1v) is 12.6. The molecule has 1 aliphatic rings. The first-order valence-electron chi connectivity index (χ1n) is 12.6. The Morgan fingerprint density at radius 3 is 2.30 bits per heavy atom. The molecule has 1 atom stereocenters. The highest BCUT2D eigenvalue weighted by atomic mass is 19.3. The number of carbonyl (C=O) groups is 2. The first kappa shape index (κ1) is 26.4. The molecule has 0 bridgehead atoms. The third kappa shape index (κ3) is 6.98. The Bertz CT molecular complexity index is 1210. The molecule has 2 amide bonds. The molecule has 2 aromatic carbocycles. The van der Waals surface area contributed by atoms with Crippen LogP contribution in [0, 0.1) is 5.92 Å². The van der Waals surface area contributed by atoms with Crippen LogP contribution in [0.5, 0.6) is 0 Å². The molecule has 37 heavy (non-hydrogen) atoms. The molecule has 194 valence electrons. The summed E-state index contributed by atoms with van der Waals surface area (Å²) in [6.07, 6.45) is 2.96. The summed E-state index contributed by atoms with van der Waals surface area (Å²) in [5.41, 5.74) is 9.72. The Hall–Kier alpha value is -3.65. The summed E-state index contributed by atoms with van der Waals surface area (Å²) in [6, 6.07) is 17.1. The number of benzene rings is 2. The molecule has 1 aliphatic carbocycles. The van der Waals surface area contributed by atoms with Gasteiger partial charge in [0.15, 0.2) is 0 Å². The van der Waals surface area contributed by atoms with Crippen molar-refractivity contribution in [3.63, 3.8) is 0 Å². The van der Waals surface area contributed by atoms with Crippen molar-refractivity contribution in [1.29, 1.82) is 0 Å². The van der Waals surface area contributed by atoms with Crippen molar-refractivity contribution in [2.75, 3.05) is 5.32 Å². The lowest BCUT2D eigenvalue weighted by Crippen LogP contribution is -2.36. The Morgan fingerprint density at radius 1 is 1.00 bits per heavy atom. The number of pyridine rings is 1. The number of halogens is 2. The predicted octanol–water partition coefficient (Wildman–Crippen LogP) is 5.70. The third-order valence-corrected chi connectivity index (χ3v) is 6.82. The zero-order valence-corrected chi connectivity index (χ0v) is 20.8. The fourth-order valence-electron chi connectivity index (χ4n) is 4.88. The van der Waals surface area contributed by atoms with Crippen LogP contribution in [0.25, 0.3) is 22.4 Å². The maximum atomic E-state index is 13.0. The Balaban J connectivity index is 1.50. The van der Waals surface area contributed by atoms with Crippen LogP contribution >= 0.6 is 0 Å². The highest BCUT2D eigenvalue weighted by molar-refractivity contribution is 5.93. The third-order valence-electron chi connectivity index (χ3n) is 6.82. The number of nitrogens with one attached hydrogen (secondary N) is 2. The fraction of sp³-hybridized carbons (Fsp3) is 0.345. The molecule has 4 rings (SSSR count). The van der Waals surface area contributed by atoms with E-state index in [2.05, 4.69) is 15.6 Å². The van der Waals surface area contributed by atoms with E-state index in [-0.39, 0.29) is 23.8 Å². The minimum Gasteiger partial charge on any atom is -0.354 e. The monoisotopic (exact) mass is 506 g/mol. The second kappa shape index (κ2) is 12.1. The normalized spacial score (nSPS) is 18.3. The summed E-state index contributed by atoms with van der Waals surface area (Å²) >= 11 is 0. The number of hydrogen-bond donors (Lipinski definition) is 3. The molecule has 1 heterocycles. The molecule has 6 nitrogen and oxygen atoms in total. The van der Waals surface area contributed by atoms with E-state index in [0.29, 0.717) is 23.4 Å². The van der Waals surface area contributed by atoms with Gasteiger partial charge in [-0.15, -0.1) is 0 Å². The Morgan fingerprint density at radius 2 is 1.68 bits per heavy atom. The van der Waals surface area contributed by atoms with Gasteiger partial charge < -0.3 is 16.4 Å². The van der Waals surface area contributed by atoms with E-state index >= 15 is 0 Å². The van der Waals surface area contributed by atoms with E-state index in [9.17, 15) is 18.4 Å². The van der Waals surface area contributed by atoms with Crippen molar-refractivity contribution in [3.05, 3.63) is 72.4 Å². The predicted molar refractivity (Wildman–Crippen MR) is 141 cm³/mol. The lowest BCUT2D eigenvalue weighted by Gasteiger charge is -2.28. The SMILES string of the molecule is CC(=O)N[C@H]1CC[C@H](CC(=O)Nc2cnc(-c3ccc(C(N)C(F)F)cc3)c(-c3ccccc3)c2)CC1. The molecule has 1 aromatic heterocycles. The van der Waals surface area contributed by atoms with Gasteiger partial charge in [-0.25, -0.2) is 8.78 Å². The van der Waals surface area contributed by atoms with Gasteiger partial charge in [0.2, 0.25) is 11.8 Å². The van der Waals surface area contributed by atoms with Crippen LogP contribution in [0.2, 0.25) is 0 Å². The van der Waals surface area contributed by atoms with E-state index in [1.54, 1.807) is 30.5 Å². The van der Waals surface area contributed by atoms with Crippen LogP contribution in [0.15, 0.2) is 66.9 Å². The standard InChI is InChI=1S/C29H32F2N4O2/c1-18(36)34-23-13-7-19(8-14-23)15-26(37)35-24-16-25(20-5-3-2-4-6-20)28(33-17-24)22-11-9-21(10-12-22)27(32)29(30)31/h2-6,9-12,16-17,19,23,27,29H,7-8,13-15,32H2,1H3,(H,34,36)(H,35,37)/t19-,23-,27?. The van der Waals surface area contributed by atoms with Gasteiger partial charge in [-0.05, 0) is 48.8 Å². The van der Waals surface area contributed by atoms with Crippen LogP contribution in [-0.4, -0.2) is 29.3 Å². The summed E-state index contributed by atoms with van der Waals surface area (Å²) in [7, 11) is 0. The fourth-order valence-corrected chi connectivity index (χ4v) is 4.88. The molecule has 0 aliphatic heterocycles. The van der Waals surface area contributed by atoms with Gasteiger partial charge in [0.05, 0.1) is 23.6 Å². The van der Waals surface area contributed by atoms with Crippen molar-refractivity contribution in [1.82, 2.24) is 10.3 Å². The number of carbonyl (C=O) groups excluding carboxylic acids is 2. The number of anilines is 1. The number of rotatable bonds is 8. The zero-order valence-electron chi connectivity index (χ0n) is 20.8. The minimum absolute atomic E-state index is 0.0148. The van der Waals surface area contributed by atoms with Crippen molar-refractivity contribution in [2.24, 2.45) is 11.7 Å². The van der Waals surface area contributed by atoms with E-state index in [1.165, 1.54) is 6.92 Å². The number of aromatic nitrogens is 1. The number of hydrogen-bond acceptors (Lipinski definition) is 4. The van der Waals surface area contributed by atoms with Crippen molar-refractivity contribution in [3.8, 4) is 22.4 Å². The molecule has 1 saturated carbocycles. The highest BCUT2D eigenvalue weighted by Gasteiger charge is 2.24. The van der Waals surface area contributed by atoms with Gasteiger partial charge in [0.25, 0.3) is 6.43 Å². The molecule has 8 heteroatoms. The zero-order chi connectivity index (χ0) is 26.4. The van der Waals surface area contributed by atoms with Gasteiger partial charge in [0, 0.05) is 30.5 Å². The van der Waals surface area contributed by atoms with E-state index in [4.69, 9.17) is 5.73 Å². The van der Waals surface area contributed by atoms with Crippen molar-refractivity contribution in [2.45, 2.75) is 57.5 Å². The van der Waals surface area contributed by atoms with Gasteiger partial charge in [-0.1, -0.05) is 54.6 Å². The van der Waals surface area contributed by atoms with Crippen LogP contribution in [0.4, 0.5) is 14.5 Å². The lowest BCUT2D eigenvalue weighted by atomic mass is 9.84. The van der Waals surface area contributed by atoms with Gasteiger partial charge in [0.1, 0.15) is 0 Å². The quantitative estimate of drug-likeness (QED) is 0.365. The van der Waals surface area contributed by atoms with E-state index in [1.807, 2.05) is 36.4 Å². The van der Waals surface area contributed by atoms with Crippen LogP contribution in [0.3, 0.4) is 0 Å². The maximum absolute atomic E-state index is 13.0. The molecule has 3 aromatic rings. The highest BCUT2D eigenvalue weighted by Crippen LogP contribution is 2.34. The number of nitrogens with zero attached hydrogens (tertiary/aromatic N) is 1. The molecule has 1 unspecified atom stereocenters. The molecule has 4 N–H and O–H groups in total.